The minimum atomic E-state index is -2.63. The highest BCUT2D eigenvalue weighted by Crippen LogP contribution is 2.34. The van der Waals surface area contributed by atoms with Gasteiger partial charge in [-0.2, -0.15) is 0 Å². The van der Waals surface area contributed by atoms with Gasteiger partial charge in [0, 0.05) is 24.7 Å². The quantitative estimate of drug-likeness (QED) is 0.739. The molecule has 1 aliphatic rings. The summed E-state index contributed by atoms with van der Waals surface area (Å²) in [5.74, 6) is -0.0455. The molecule has 3 rings (SSSR count). The monoisotopic (exact) mass is 405 g/mol. The Morgan fingerprint density at radius 2 is 2.07 bits per heavy atom. The normalized spacial score (nSPS) is 19.2. The Balaban J connectivity index is 1.68. The second kappa shape index (κ2) is 9.65. The maximum Gasteiger partial charge on any atom is 0.322 e. The first-order valence-corrected chi connectivity index (χ1v) is 9.58. The molecule has 0 bridgehead atoms. The lowest BCUT2D eigenvalue weighted by Gasteiger charge is -2.42. The van der Waals surface area contributed by atoms with Crippen LogP contribution in [0, 0.1) is 5.41 Å². The zero-order valence-electron chi connectivity index (χ0n) is 16.1. The highest BCUT2D eigenvalue weighted by atomic mass is 19.3. The number of rotatable bonds is 7. The third kappa shape index (κ3) is 5.63. The fourth-order valence-electron chi connectivity index (χ4n) is 3.68. The number of carbonyl (C=O) groups excluding carboxylic acids is 1. The Bertz CT molecular complexity index is 807. The molecule has 1 aromatic carbocycles. The van der Waals surface area contributed by atoms with Gasteiger partial charge in [-0.1, -0.05) is 30.3 Å². The summed E-state index contributed by atoms with van der Waals surface area (Å²) < 4.78 is 29.9. The van der Waals surface area contributed by atoms with Gasteiger partial charge in [0.2, 0.25) is 5.88 Å². The van der Waals surface area contributed by atoms with Crippen LogP contribution in [0.2, 0.25) is 0 Å². The van der Waals surface area contributed by atoms with Crippen LogP contribution in [0.15, 0.2) is 48.7 Å². The van der Waals surface area contributed by atoms with E-state index >= 15 is 0 Å². The first kappa shape index (κ1) is 21.0. The van der Waals surface area contributed by atoms with Crippen LogP contribution in [0.3, 0.4) is 0 Å². The van der Waals surface area contributed by atoms with Crippen LogP contribution in [0.25, 0.3) is 0 Å². The van der Waals surface area contributed by atoms with Crippen molar-refractivity contribution in [2.24, 2.45) is 5.41 Å². The number of hydrogen-bond donors (Lipinski definition) is 2. The third-order valence-electron chi connectivity index (χ3n) is 5.06. The predicted octanol–water partition coefficient (Wildman–Crippen LogP) is 3.57. The number of aliphatic hydroxyl groups is 1. The number of nitrogens with zero attached hydrogens (tertiary/aromatic N) is 2. The van der Waals surface area contributed by atoms with Crippen molar-refractivity contribution < 1.29 is 23.4 Å². The van der Waals surface area contributed by atoms with Gasteiger partial charge in [-0.05, 0) is 37.0 Å². The molecule has 6 nitrogen and oxygen atoms in total. The van der Waals surface area contributed by atoms with E-state index in [2.05, 4.69) is 10.3 Å². The molecule has 29 heavy (non-hydrogen) atoms. The van der Waals surface area contributed by atoms with E-state index in [0.29, 0.717) is 19.5 Å². The molecular formula is C21H25F2N3O3. The van der Waals surface area contributed by atoms with Gasteiger partial charge in [-0.3, -0.25) is 0 Å². The van der Waals surface area contributed by atoms with Crippen molar-refractivity contribution >= 4 is 11.7 Å². The second-order valence-corrected chi connectivity index (χ2v) is 7.33. The second-order valence-electron chi connectivity index (χ2n) is 7.33. The Morgan fingerprint density at radius 3 is 2.79 bits per heavy atom. The van der Waals surface area contributed by atoms with E-state index in [9.17, 15) is 18.7 Å². The van der Waals surface area contributed by atoms with Crippen molar-refractivity contribution in [2.75, 3.05) is 31.6 Å². The molecule has 0 saturated carbocycles. The standard InChI is InChI=1S/C21H25F2N3O3/c22-18(23)13-29-19-17(8-4-10-24-19)25-20(28)26-11-5-9-21(14-26,15-27)12-16-6-2-1-3-7-16/h1-4,6-8,10,18,27H,5,9,11-15H2,(H,25,28). The molecule has 0 aliphatic carbocycles. The van der Waals surface area contributed by atoms with Crippen LogP contribution in [-0.2, 0) is 6.42 Å². The zero-order valence-corrected chi connectivity index (χ0v) is 16.1. The first-order chi connectivity index (χ1) is 14.0. The molecule has 1 unspecified atom stereocenters. The van der Waals surface area contributed by atoms with Crippen LogP contribution in [0.1, 0.15) is 18.4 Å². The number of hydrogen-bond acceptors (Lipinski definition) is 4. The topological polar surface area (TPSA) is 74.7 Å². The van der Waals surface area contributed by atoms with Gasteiger partial charge in [0.25, 0.3) is 6.43 Å². The molecule has 1 saturated heterocycles. The smallest absolute Gasteiger partial charge is 0.322 e. The number of benzene rings is 1. The van der Waals surface area contributed by atoms with Crippen LogP contribution in [0.5, 0.6) is 5.88 Å². The summed E-state index contributed by atoms with van der Waals surface area (Å²) in [5.41, 5.74) is 0.932. The van der Waals surface area contributed by atoms with Crippen molar-refractivity contribution in [3.05, 3.63) is 54.2 Å². The number of alkyl halides is 2. The summed E-state index contributed by atoms with van der Waals surface area (Å²) in [4.78, 5) is 18.4. The molecule has 2 N–H and O–H groups in total. The van der Waals surface area contributed by atoms with E-state index in [0.717, 1.165) is 18.4 Å². The molecule has 1 aromatic heterocycles. The van der Waals surface area contributed by atoms with Crippen molar-refractivity contribution in [1.82, 2.24) is 9.88 Å². The molecule has 1 aliphatic heterocycles. The largest absolute Gasteiger partial charge is 0.470 e. The fourth-order valence-corrected chi connectivity index (χ4v) is 3.68. The molecule has 1 atom stereocenters. The van der Waals surface area contributed by atoms with E-state index in [1.54, 1.807) is 17.0 Å². The van der Waals surface area contributed by atoms with Gasteiger partial charge in [0.1, 0.15) is 5.69 Å². The number of urea groups is 1. The lowest BCUT2D eigenvalue weighted by molar-refractivity contribution is 0.0500. The Labute approximate surface area is 168 Å². The molecule has 1 fully saturated rings. The van der Waals surface area contributed by atoms with E-state index in [4.69, 9.17) is 4.74 Å². The summed E-state index contributed by atoms with van der Waals surface area (Å²) in [6, 6.07) is 12.7. The summed E-state index contributed by atoms with van der Waals surface area (Å²) >= 11 is 0. The summed E-state index contributed by atoms with van der Waals surface area (Å²) in [5, 5.41) is 12.8. The van der Waals surface area contributed by atoms with Crippen molar-refractivity contribution in [3.63, 3.8) is 0 Å². The number of anilines is 1. The van der Waals surface area contributed by atoms with Crippen LogP contribution < -0.4 is 10.1 Å². The minimum absolute atomic E-state index is 0.0265. The van der Waals surface area contributed by atoms with Gasteiger partial charge in [-0.15, -0.1) is 0 Å². The number of nitrogens with one attached hydrogen (secondary N) is 1. The van der Waals surface area contributed by atoms with Crippen molar-refractivity contribution in [1.29, 1.82) is 0 Å². The summed E-state index contributed by atoms with van der Waals surface area (Å²) in [6.07, 6.45) is 1.03. The Kier molecular flexibility index (Phi) is 6.98. The van der Waals surface area contributed by atoms with Gasteiger partial charge < -0.3 is 20.1 Å². The van der Waals surface area contributed by atoms with Gasteiger partial charge in [0.15, 0.2) is 6.61 Å². The molecule has 156 valence electrons. The molecule has 8 heteroatoms. The van der Waals surface area contributed by atoms with Crippen molar-refractivity contribution in [3.8, 4) is 5.88 Å². The Morgan fingerprint density at radius 1 is 1.28 bits per heavy atom. The average molecular weight is 405 g/mol. The number of aromatic nitrogens is 1. The molecular weight excluding hydrogens is 380 g/mol. The highest BCUT2D eigenvalue weighted by Gasteiger charge is 2.37. The predicted molar refractivity (Wildman–Crippen MR) is 105 cm³/mol. The molecule has 0 spiro atoms. The number of halogens is 2. The highest BCUT2D eigenvalue weighted by molar-refractivity contribution is 5.90. The molecule has 0 radical (unpaired) electrons. The van der Waals surface area contributed by atoms with E-state index in [1.807, 2.05) is 30.3 Å². The van der Waals surface area contributed by atoms with Gasteiger partial charge in [-0.25, -0.2) is 18.6 Å². The number of carbonyl (C=O) groups is 1. The molecule has 2 amide bonds. The maximum absolute atomic E-state index is 12.8. The van der Waals surface area contributed by atoms with E-state index < -0.39 is 18.4 Å². The zero-order chi connectivity index (χ0) is 20.7. The van der Waals surface area contributed by atoms with Gasteiger partial charge >= 0.3 is 6.03 Å². The van der Waals surface area contributed by atoms with E-state index in [-0.39, 0.29) is 24.2 Å². The lowest BCUT2D eigenvalue weighted by atomic mass is 9.76. The maximum atomic E-state index is 12.8. The first-order valence-electron chi connectivity index (χ1n) is 9.58. The number of likely N-dealkylation sites (tertiary alicyclic amines) is 1. The van der Waals surface area contributed by atoms with E-state index in [1.165, 1.54) is 6.20 Å². The molecule has 2 heterocycles. The van der Waals surface area contributed by atoms with Crippen LogP contribution in [0.4, 0.5) is 19.3 Å². The van der Waals surface area contributed by atoms with Crippen LogP contribution >= 0.6 is 0 Å². The fraction of sp³-hybridized carbons (Fsp3) is 0.429. The number of amides is 2. The third-order valence-corrected chi connectivity index (χ3v) is 5.06. The summed E-state index contributed by atoms with van der Waals surface area (Å²) in [6.45, 7) is 0.128. The summed E-state index contributed by atoms with van der Waals surface area (Å²) in [7, 11) is 0. The minimum Gasteiger partial charge on any atom is -0.470 e. The number of aliphatic hydroxyl groups excluding tert-OH is 1. The SMILES string of the molecule is O=C(Nc1cccnc1OCC(F)F)N1CCCC(CO)(Cc2ccccc2)C1. The number of ether oxygens (including phenoxy) is 1. The van der Waals surface area contributed by atoms with Crippen LogP contribution in [-0.4, -0.2) is 53.8 Å². The van der Waals surface area contributed by atoms with Gasteiger partial charge in [0.05, 0.1) is 6.61 Å². The Hall–Kier alpha value is -2.74. The molecule has 2 aromatic rings. The number of piperidine rings is 1. The lowest BCUT2D eigenvalue weighted by Crippen LogP contribution is -2.50. The average Bonchev–Trinajstić information content (AvgIpc) is 2.74. The van der Waals surface area contributed by atoms with Crippen molar-refractivity contribution in [2.45, 2.75) is 25.7 Å². The number of pyridine rings is 1.